The van der Waals surface area contributed by atoms with Gasteiger partial charge in [-0.1, -0.05) is 6.07 Å². The van der Waals surface area contributed by atoms with Gasteiger partial charge in [-0.3, -0.25) is 0 Å². The highest BCUT2D eigenvalue weighted by atomic mass is 32.2. The van der Waals surface area contributed by atoms with Gasteiger partial charge in [0.2, 0.25) is 10.0 Å². The zero-order valence-electron chi connectivity index (χ0n) is 12.6. The molecular formula is C13H22N4O2S. The SMILES string of the molecule is Cc1cc(S(N)(=O)=O)ccc1CN=C(N(C)C)N(C)C. The minimum Gasteiger partial charge on any atom is -0.349 e. The van der Waals surface area contributed by atoms with Crippen molar-refractivity contribution in [3.8, 4) is 0 Å². The Morgan fingerprint density at radius 1 is 1.20 bits per heavy atom. The summed E-state index contributed by atoms with van der Waals surface area (Å²) in [5, 5.41) is 5.11. The van der Waals surface area contributed by atoms with Gasteiger partial charge < -0.3 is 9.80 Å². The van der Waals surface area contributed by atoms with Gasteiger partial charge in [-0.05, 0) is 30.2 Å². The third-order valence-corrected chi connectivity index (χ3v) is 3.74. The first kappa shape index (κ1) is 16.5. The van der Waals surface area contributed by atoms with Crippen LogP contribution in [0.4, 0.5) is 0 Å². The molecule has 0 fully saturated rings. The summed E-state index contributed by atoms with van der Waals surface area (Å²) in [5.74, 6) is 0.847. The Kier molecular flexibility index (Phi) is 5.13. The summed E-state index contributed by atoms with van der Waals surface area (Å²) in [6.07, 6.45) is 0. The second kappa shape index (κ2) is 6.23. The van der Waals surface area contributed by atoms with Crippen LogP contribution in [-0.2, 0) is 16.6 Å². The van der Waals surface area contributed by atoms with E-state index in [1.54, 1.807) is 12.1 Å². The molecule has 7 heteroatoms. The third kappa shape index (κ3) is 4.21. The van der Waals surface area contributed by atoms with Gasteiger partial charge >= 0.3 is 0 Å². The zero-order chi connectivity index (χ0) is 15.5. The third-order valence-electron chi connectivity index (χ3n) is 2.83. The van der Waals surface area contributed by atoms with E-state index in [0.717, 1.165) is 17.1 Å². The molecule has 6 nitrogen and oxygen atoms in total. The average Bonchev–Trinajstić information content (AvgIpc) is 2.28. The first-order chi connectivity index (χ1) is 9.12. The number of aryl methyl sites for hydroxylation is 1. The van der Waals surface area contributed by atoms with Gasteiger partial charge in [0.15, 0.2) is 5.96 Å². The lowest BCUT2D eigenvalue weighted by atomic mass is 10.1. The molecule has 0 saturated heterocycles. The number of nitrogens with zero attached hydrogens (tertiary/aromatic N) is 3. The molecule has 0 unspecified atom stereocenters. The number of hydrogen-bond donors (Lipinski definition) is 1. The molecule has 0 heterocycles. The van der Waals surface area contributed by atoms with Crippen molar-refractivity contribution in [2.24, 2.45) is 10.1 Å². The molecule has 0 aliphatic carbocycles. The molecule has 0 amide bonds. The molecule has 0 aromatic heterocycles. The van der Waals surface area contributed by atoms with E-state index >= 15 is 0 Å². The molecule has 0 atom stereocenters. The number of benzene rings is 1. The maximum Gasteiger partial charge on any atom is 0.238 e. The van der Waals surface area contributed by atoms with Crippen molar-refractivity contribution in [3.05, 3.63) is 29.3 Å². The van der Waals surface area contributed by atoms with Crippen LogP contribution < -0.4 is 5.14 Å². The first-order valence-corrected chi connectivity index (χ1v) is 7.69. The highest BCUT2D eigenvalue weighted by molar-refractivity contribution is 7.89. The van der Waals surface area contributed by atoms with E-state index in [9.17, 15) is 8.42 Å². The van der Waals surface area contributed by atoms with Crippen LogP contribution in [0.15, 0.2) is 28.1 Å². The minimum absolute atomic E-state index is 0.128. The monoisotopic (exact) mass is 298 g/mol. The quantitative estimate of drug-likeness (QED) is 0.655. The molecule has 112 valence electrons. The highest BCUT2D eigenvalue weighted by Gasteiger charge is 2.10. The fraction of sp³-hybridized carbons (Fsp3) is 0.462. The number of primary sulfonamides is 1. The number of sulfonamides is 1. The van der Waals surface area contributed by atoms with Crippen LogP contribution in [0.3, 0.4) is 0 Å². The summed E-state index contributed by atoms with van der Waals surface area (Å²) < 4.78 is 22.6. The van der Waals surface area contributed by atoms with Crippen molar-refractivity contribution in [3.63, 3.8) is 0 Å². The number of hydrogen-bond acceptors (Lipinski definition) is 3. The Labute approximate surface area is 121 Å². The molecule has 1 rings (SSSR count). The summed E-state index contributed by atoms with van der Waals surface area (Å²) >= 11 is 0. The van der Waals surface area contributed by atoms with E-state index in [-0.39, 0.29) is 4.90 Å². The summed E-state index contributed by atoms with van der Waals surface area (Å²) in [7, 11) is 4.05. The van der Waals surface area contributed by atoms with Gasteiger partial charge in [-0.2, -0.15) is 0 Å². The lowest BCUT2D eigenvalue weighted by molar-refractivity contribution is 0.479. The number of guanidine groups is 1. The van der Waals surface area contributed by atoms with Crippen LogP contribution in [0.5, 0.6) is 0 Å². The van der Waals surface area contributed by atoms with Crippen molar-refractivity contribution in [1.82, 2.24) is 9.80 Å². The standard InChI is InChI=1S/C13H22N4O2S/c1-10-8-12(20(14,18)19)7-6-11(10)9-15-13(16(2)3)17(4)5/h6-8H,9H2,1-5H3,(H2,14,18,19). The topological polar surface area (TPSA) is 79.0 Å². The van der Waals surface area contributed by atoms with E-state index in [1.807, 2.05) is 44.9 Å². The summed E-state index contributed by atoms with van der Waals surface area (Å²) in [6, 6.07) is 4.84. The molecule has 0 bridgehead atoms. The van der Waals surface area contributed by atoms with E-state index in [0.29, 0.717) is 6.54 Å². The molecule has 0 aliphatic heterocycles. The van der Waals surface area contributed by atoms with Gasteiger partial charge in [0.25, 0.3) is 0 Å². The Morgan fingerprint density at radius 2 is 1.75 bits per heavy atom. The van der Waals surface area contributed by atoms with Gasteiger partial charge in [0, 0.05) is 28.2 Å². The summed E-state index contributed by atoms with van der Waals surface area (Å²) in [5.41, 5.74) is 1.83. The van der Waals surface area contributed by atoms with Crippen molar-refractivity contribution in [2.45, 2.75) is 18.4 Å². The second-order valence-electron chi connectivity index (χ2n) is 5.04. The Morgan fingerprint density at radius 3 is 2.15 bits per heavy atom. The Hall–Kier alpha value is -1.60. The minimum atomic E-state index is -3.65. The second-order valence-corrected chi connectivity index (χ2v) is 6.60. The number of nitrogens with two attached hydrogens (primary N) is 1. The van der Waals surface area contributed by atoms with E-state index in [1.165, 1.54) is 6.07 Å². The zero-order valence-corrected chi connectivity index (χ0v) is 13.4. The fourth-order valence-electron chi connectivity index (χ4n) is 1.86. The van der Waals surface area contributed by atoms with Crippen LogP contribution in [-0.4, -0.2) is 52.4 Å². The predicted octanol–water partition coefficient (Wildman–Crippen LogP) is 0.622. The molecule has 0 saturated carbocycles. The lowest BCUT2D eigenvalue weighted by Crippen LogP contribution is -2.35. The Bertz CT molecular complexity index is 597. The highest BCUT2D eigenvalue weighted by Crippen LogP contribution is 2.15. The summed E-state index contributed by atoms with van der Waals surface area (Å²) in [4.78, 5) is 8.51. The largest absolute Gasteiger partial charge is 0.349 e. The Balaban J connectivity index is 3.03. The molecule has 1 aromatic carbocycles. The van der Waals surface area contributed by atoms with Crippen LogP contribution in [0.25, 0.3) is 0 Å². The van der Waals surface area contributed by atoms with Crippen LogP contribution in [0, 0.1) is 6.92 Å². The predicted molar refractivity (Wildman–Crippen MR) is 81.1 cm³/mol. The van der Waals surface area contributed by atoms with Gasteiger partial charge in [-0.15, -0.1) is 0 Å². The number of aliphatic imine (C=N–C) groups is 1. The van der Waals surface area contributed by atoms with E-state index in [2.05, 4.69) is 4.99 Å². The summed E-state index contributed by atoms with van der Waals surface area (Å²) in [6.45, 7) is 2.34. The molecule has 2 N–H and O–H groups in total. The van der Waals surface area contributed by atoms with E-state index < -0.39 is 10.0 Å². The molecule has 0 aliphatic rings. The van der Waals surface area contributed by atoms with E-state index in [4.69, 9.17) is 5.14 Å². The van der Waals surface area contributed by atoms with Crippen LogP contribution >= 0.6 is 0 Å². The van der Waals surface area contributed by atoms with Crippen LogP contribution in [0.2, 0.25) is 0 Å². The van der Waals surface area contributed by atoms with Crippen molar-refractivity contribution >= 4 is 16.0 Å². The molecule has 1 aromatic rings. The lowest BCUT2D eigenvalue weighted by Gasteiger charge is -2.22. The van der Waals surface area contributed by atoms with Crippen molar-refractivity contribution < 1.29 is 8.42 Å². The maximum atomic E-state index is 11.3. The van der Waals surface area contributed by atoms with Gasteiger partial charge in [-0.25, -0.2) is 18.5 Å². The van der Waals surface area contributed by atoms with Crippen molar-refractivity contribution in [1.29, 1.82) is 0 Å². The average molecular weight is 298 g/mol. The normalized spacial score (nSPS) is 11.1. The van der Waals surface area contributed by atoms with Crippen LogP contribution in [0.1, 0.15) is 11.1 Å². The fourth-order valence-corrected chi connectivity index (χ4v) is 2.46. The van der Waals surface area contributed by atoms with Crippen molar-refractivity contribution in [2.75, 3.05) is 28.2 Å². The smallest absolute Gasteiger partial charge is 0.238 e. The van der Waals surface area contributed by atoms with Gasteiger partial charge in [0.1, 0.15) is 0 Å². The first-order valence-electron chi connectivity index (χ1n) is 6.14. The number of rotatable bonds is 3. The molecule has 0 radical (unpaired) electrons. The maximum absolute atomic E-state index is 11.3. The molecule has 20 heavy (non-hydrogen) atoms. The van der Waals surface area contributed by atoms with Gasteiger partial charge in [0.05, 0.1) is 11.4 Å². The molecule has 0 spiro atoms. The molecular weight excluding hydrogens is 276 g/mol.